The van der Waals surface area contributed by atoms with E-state index in [9.17, 15) is 14.4 Å². The van der Waals surface area contributed by atoms with Crippen molar-refractivity contribution in [1.82, 2.24) is 10.2 Å². The van der Waals surface area contributed by atoms with Crippen LogP contribution in [0.4, 0.5) is 4.79 Å². The van der Waals surface area contributed by atoms with Crippen molar-refractivity contribution >= 4 is 17.8 Å². The van der Waals surface area contributed by atoms with E-state index < -0.39 is 17.9 Å². The first kappa shape index (κ1) is 14.0. The van der Waals surface area contributed by atoms with E-state index in [4.69, 9.17) is 0 Å². The van der Waals surface area contributed by atoms with Crippen molar-refractivity contribution in [2.24, 2.45) is 11.8 Å². The van der Waals surface area contributed by atoms with Crippen LogP contribution in [0.2, 0.25) is 0 Å². The topological polar surface area (TPSA) is 66.5 Å². The number of hydrogen-bond donors (Lipinski definition) is 1. The Morgan fingerprint density at radius 1 is 1.16 bits per heavy atom. The molecule has 0 aromatic rings. The standard InChI is InChI=1S/C14H22N2O3/c1-9(2)8-11-12(17)15-14(19)16(13(11)18)10-6-4-3-5-7-10/h9-11H,3-8H2,1-2H3,(H,15,17,19). The van der Waals surface area contributed by atoms with Crippen LogP contribution in [0.5, 0.6) is 0 Å². The van der Waals surface area contributed by atoms with Gasteiger partial charge in [-0.3, -0.25) is 19.8 Å². The van der Waals surface area contributed by atoms with Crippen LogP contribution in [0.3, 0.4) is 0 Å². The third-order valence-electron chi connectivity index (χ3n) is 3.95. The monoisotopic (exact) mass is 266 g/mol. The molecule has 2 fully saturated rings. The van der Waals surface area contributed by atoms with Crippen molar-refractivity contribution in [2.75, 3.05) is 0 Å². The molecular weight excluding hydrogens is 244 g/mol. The number of barbiturate groups is 1. The Labute approximate surface area is 113 Å². The molecule has 0 aromatic carbocycles. The van der Waals surface area contributed by atoms with Crippen molar-refractivity contribution in [1.29, 1.82) is 0 Å². The summed E-state index contributed by atoms with van der Waals surface area (Å²) >= 11 is 0. The van der Waals surface area contributed by atoms with Crippen molar-refractivity contribution in [3.05, 3.63) is 0 Å². The van der Waals surface area contributed by atoms with E-state index in [1.165, 1.54) is 4.90 Å². The SMILES string of the molecule is CC(C)CC1C(=O)NC(=O)N(C2CCCCC2)C1=O. The van der Waals surface area contributed by atoms with Gasteiger partial charge in [0.05, 0.1) is 0 Å². The first-order valence-electron chi connectivity index (χ1n) is 7.18. The fraction of sp³-hybridized carbons (Fsp3) is 0.786. The molecule has 5 heteroatoms. The van der Waals surface area contributed by atoms with Crippen molar-refractivity contribution in [3.63, 3.8) is 0 Å². The van der Waals surface area contributed by atoms with E-state index in [1.54, 1.807) is 0 Å². The molecule has 2 rings (SSSR count). The second-order valence-corrected chi connectivity index (χ2v) is 5.98. The molecule has 2 aliphatic rings. The molecule has 106 valence electrons. The molecule has 0 aromatic heterocycles. The predicted molar refractivity (Wildman–Crippen MR) is 70.2 cm³/mol. The van der Waals surface area contributed by atoms with Gasteiger partial charge in [0.25, 0.3) is 0 Å². The van der Waals surface area contributed by atoms with Crippen LogP contribution in [0, 0.1) is 11.8 Å². The van der Waals surface area contributed by atoms with E-state index in [2.05, 4.69) is 5.32 Å². The number of nitrogens with zero attached hydrogens (tertiary/aromatic N) is 1. The number of carbonyl (C=O) groups excluding carboxylic acids is 3. The molecule has 1 heterocycles. The molecule has 1 aliphatic heterocycles. The molecule has 4 amide bonds. The number of hydrogen-bond acceptors (Lipinski definition) is 3. The summed E-state index contributed by atoms with van der Waals surface area (Å²) in [4.78, 5) is 37.5. The first-order valence-corrected chi connectivity index (χ1v) is 7.18. The molecule has 0 spiro atoms. The van der Waals surface area contributed by atoms with Crippen molar-refractivity contribution < 1.29 is 14.4 Å². The highest BCUT2D eigenvalue weighted by atomic mass is 16.2. The zero-order chi connectivity index (χ0) is 14.0. The van der Waals surface area contributed by atoms with Gasteiger partial charge in [-0.1, -0.05) is 33.1 Å². The maximum atomic E-state index is 12.4. The van der Waals surface area contributed by atoms with E-state index >= 15 is 0 Å². The molecular formula is C14H22N2O3. The van der Waals surface area contributed by atoms with Crippen LogP contribution in [-0.2, 0) is 9.59 Å². The molecule has 1 saturated carbocycles. The van der Waals surface area contributed by atoms with E-state index in [0.717, 1.165) is 32.1 Å². The molecule has 0 bridgehead atoms. The molecule has 1 atom stereocenters. The zero-order valence-corrected chi connectivity index (χ0v) is 11.6. The van der Waals surface area contributed by atoms with Gasteiger partial charge in [-0.2, -0.15) is 0 Å². The molecule has 1 N–H and O–H groups in total. The minimum atomic E-state index is -0.695. The predicted octanol–water partition coefficient (Wildman–Crippen LogP) is 2.06. The number of amides is 4. The van der Waals surface area contributed by atoms with E-state index in [1.807, 2.05) is 13.8 Å². The summed E-state index contributed by atoms with van der Waals surface area (Å²) in [5, 5.41) is 2.34. The highest BCUT2D eigenvalue weighted by Crippen LogP contribution is 2.27. The Hall–Kier alpha value is -1.39. The number of rotatable bonds is 3. The molecule has 1 aliphatic carbocycles. The van der Waals surface area contributed by atoms with Gasteiger partial charge in [0.1, 0.15) is 5.92 Å². The average molecular weight is 266 g/mol. The number of nitrogens with one attached hydrogen (secondary N) is 1. The fourth-order valence-corrected chi connectivity index (χ4v) is 3.00. The van der Waals surface area contributed by atoms with Crippen molar-refractivity contribution in [2.45, 2.75) is 58.4 Å². The van der Waals surface area contributed by atoms with Crippen LogP contribution < -0.4 is 5.32 Å². The van der Waals surface area contributed by atoms with Gasteiger partial charge in [-0.25, -0.2) is 4.79 Å². The van der Waals surface area contributed by atoms with Crippen LogP contribution in [0.25, 0.3) is 0 Å². The first-order chi connectivity index (χ1) is 9.00. The van der Waals surface area contributed by atoms with Gasteiger partial charge in [0, 0.05) is 6.04 Å². The summed E-state index contributed by atoms with van der Waals surface area (Å²) in [5.41, 5.74) is 0. The lowest BCUT2D eigenvalue weighted by atomic mass is 9.89. The number of imide groups is 2. The highest BCUT2D eigenvalue weighted by molar-refractivity contribution is 6.16. The Bertz CT molecular complexity index is 386. The van der Waals surface area contributed by atoms with Crippen LogP contribution >= 0.6 is 0 Å². The third-order valence-corrected chi connectivity index (χ3v) is 3.95. The Morgan fingerprint density at radius 2 is 1.79 bits per heavy atom. The molecule has 5 nitrogen and oxygen atoms in total. The molecule has 0 radical (unpaired) electrons. The van der Waals surface area contributed by atoms with E-state index in [-0.39, 0.29) is 17.9 Å². The zero-order valence-electron chi connectivity index (χ0n) is 11.6. The highest BCUT2D eigenvalue weighted by Gasteiger charge is 2.43. The van der Waals surface area contributed by atoms with Crippen LogP contribution in [-0.4, -0.2) is 28.8 Å². The van der Waals surface area contributed by atoms with Crippen LogP contribution in [0.1, 0.15) is 52.4 Å². The summed E-state index contributed by atoms with van der Waals surface area (Å²) in [5.74, 6) is -1.18. The van der Waals surface area contributed by atoms with Crippen LogP contribution in [0.15, 0.2) is 0 Å². The summed E-state index contributed by atoms with van der Waals surface area (Å²) < 4.78 is 0. The summed E-state index contributed by atoms with van der Waals surface area (Å²) in [6.07, 6.45) is 5.48. The maximum Gasteiger partial charge on any atom is 0.331 e. The Morgan fingerprint density at radius 3 is 2.37 bits per heavy atom. The lowest BCUT2D eigenvalue weighted by Gasteiger charge is -2.37. The minimum absolute atomic E-state index is 0.0241. The van der Waals surface area contributed by atoms with Gasteiger partial charge in [-0.15, -0.1) is 0 Å². The second-order valence-electron chi connectivity index (χ2n) is 5.98. The summed E-state index contributed by atoms with van der Waals surface area (Å²) in [6.45, 7) is 3.95. The second kappa shape index (κ2) is 5.72. The minimum Gasteiger partial charge on any atom is -0.277 e. The number of urea groups is 1. The molecule has 1 unspecified atom stereocenters. The number of carbonyl (C=O) groups is 3. The van der Waals surface area contributed by atoms with Gasteiger partial charge in [-0.05, 0) is 25.2 Å². The van der Waals surface area contributed by atoms with Gasteiger partial charge in [0.15, 0.2) is 0 Å². The fourth-order valence-electron chi connectivity index (χ4n) is 3.00. The molecule has 1 saturated heterocycles. The Kier molecular flexibility index (Phi) is 4.22. The van der Waals surface area contributed by atoms with Gasteiger partial charge < -0.3 is 0 Å². The average Bonchev–Trinajstić information content (AvgIpc) is 2.35. The molecule has 19 heavy (non-hydrogen) atoms. The third kappa shape index (κ3) is 2.96. The summed E-state index contributed by atoms with van der Waals surface area (Å²) in [7, 11) is 0. The van der Waals surface area contributed by atoms with E-state index in [0.29, 0.717) is 6.42 Å². The summed E-state index contributed by atoms with van der Waals surface area (Å²) in [6, 6.07) is -0.550. The largest absolute Gasteiger partial charge is 0.331 e. The van der Waals surface area contributed by atoms with Gasteiger partial charge in [0.2, 0.25) is 11.8 Å². The lowest BCUT2D eigenvalue weighted by molar-refractivity contribution is -0.145. The van der Waals surface area contributed by atoms with Crippen molar-refractivity contribution in [3.8, 4) is 0 Å². The maximum absolute atomic E-state index is 12.4. The Balaban J connectivity index is 2.15. The smallest absolute Gasteiger partial charge is 0.277 e. The normalized spacial score (nSPS) is 25.9. The van der Waals surface area contributed by atoms with Gasteiger partial charge >= 0.3 is 6.03 Å². The quantitative estimate of drug-likeness (QED) is 0.795. The lowest BCUT2D eigenvalue weighted by Crippen LogP contribution is -2.61.